The smallest absolute Gasteiger partial charge is 0.320 e. The summed E-state index contributed by atoms with van der Waals surface area (Å²) < 4.78 is 0. The van der Waals surface area contributed by atoms with Crippen LogP contribution in [0.25, 0.3) is 0 Å². The van der Waals surface area contributed by atoms with Crippen LogP contribution in [-0.4, -0.2) is 59.6 Å². The highest BCUT2D eigenvalue weighted by Gasteiger charge is 2.26. The van der Waals surface area contributed by atoms with E-state index in [0.29, 0.717) is 0 Å². The van der Waals surface area contributed by atoms with Crippen LogP contribution in [0.15, 0.2) is 0 Å². The third-order valence-corrected chi connectivity index (χ3v) is 4.27. The second-order valence-electron chi connectivity index (χ2n) is 5.64. The van der Waals surface area contributed by atoms with Gasteiger partial charge in [-0.15, -0.1) is 0 Å². The van der Waals surface area contributed by atoms with Crippen molar-refractivity contribution >= 4 is 5.97 Å². The number of hydrogen-bond donors (Lipinski definition) is 1. The molecule has 0 aromatic carbocycles. The Bertz CT molecular complexity index is 265. The van der Waals surface area contributed by atoms with Gasteiger partial charge in [0.25, 0.3) is 0 Å². The lowest BCUT2D eigenvalue weighted by atomic mass is 10.1. The predicted octanol–water partition coefficient (Wildman–Crippen LogP) is 1.80. The van der Waals surface area contributed by atoms with Crippen molar-refractivity contribution in [2.75, 3.05) is 32.7 Å². The summed E-state index contributed by atoms with van der Waals surface area (Å²) in [5.74, 6) is -0.627. The Morgan fingerprint density at radius 2 is 1.72 bits per heavy atom. The molecule has 2 saturated heterocycles. The van der Waals surface area contributed by atoms with Crippen molar-refractivity contribution in [3.63, 3.8) is 0 Å². The third-order valence-electron chi connectivity index (χ3n) is 4.27. The number of carboxylic acids is 1. The van der Waals surface area contributed by atoms with Gasteiger partial charge in [-0.05, 0) is 58.3 Å². The van der Waals surface area contributed by atoms with E-state index in [4.69, 9.17) is 0 Å². The first-order valence-electron chi connectivity index (χ1n) is 7.46. The summed E-state index contributed by atoms with van der Waals surface area (Å²) in [5.41, 5.74) is 0. The van der Waals surface area contributed by atoms with Gasteiger partial charge in [0.1, 0.15) is 6.04 Å². The summed E-state index contributed by atoms with van der Waals surface area (Å²) in [7, 11) is 0. The van der Waals surface area contributed by atoms with Gasteiger partial charge in [0.15, 0.2) is 0 Å². The normalized spacial score (nSPS) is 27.2. The summed E-state index contributed by atoms with van der Waals surface area (Å²) in [4.78, 5) is 16.0. The maximum Gasteiger partial charge on any atom is 0.320 e. The molecule has 104 valence electrons. The van der Waals surface area contributed by atoms with Gasteiger partial charge in [-0.25, -0.2) is 0 Å². The molecule has 1 N–H and O–H groups in total. The largest absolute Gasteiger partial charge is 0.480 e. The second-order valence-corrected chi connectivity index (χ2v) is 5.64. The van der Waals surface area contributed by atoms with Crippen LogP contribution in [0.2, 0.25) is 0 Å². The van der Waals surface area contributed by atoms with Crippen molar-refractivity contribution < 1.29 is 9.90 Å². The first-order chi connectivity index (χ1) is 8.77. The number of carbonyl (C=O) groups is 1. The molecule has 4 nitrogen and oxygen atoms in total. The molecule has 18 heavy (non-hydrogen) atoms. The molecular formula is C14H26N2O2. The molecular weight excluding hydrogens is 228 g/mol. The minimum Gasteiger partial charge on any atom is -0.480 e. The number of nitrogens with zero attached hydrogens (tertiary/aromatic N) is 2. The molecule has 0 spiro atoms. The summed E-state index contributed by atoms with van der Waals surface area (Å²) in [5, 5.41) is 9.29. The molecule has 0 radical (unpaired) electrons. The minimum atomic E-state index is -0.627. The van der Waals surface area contributed by atoms with Crippen molar-refractivity contribution in [1.82, 2.24) is 9.80 Å². The van der Waals surface area contributed by atoms with E-state index in [9.17, 15) is 9.90 Å². The van der Waals surface area contributed by atoms with Gasteiger partial charge in [0, 0.05) is 6.54 Å². The number of likely N-dealkylation sites (tertiary alicyclic amines) is 2. The highest BCUT2D eigenvalue weighted by atomic mass is 16.4. The Morgan fingerprint density at radius 3 is 2.44 bits per heavy atom. The molecule has 0 aromatic rings. The van der Waals surface area contributed by atoms with Gasteiger partial charge in [0.05, 0.1) is 0 Å². The van der Waals surface area contributed by atoms with E-state index in [0.717, 1.165) is 45.3 Å². The van der Waals surface area contributed by atoms with E-state index < -0.39 is 5.97 Å². The monoisotopic (exact) mass is 254 g/mol. The first kappa shape index (κ1) is 13.8. The Hall–Kier alpha value is -0.610. The van der Waals surface area contributed by atoms with Gasteiger partial charge in [-0.2, -0.15) is 0 Å². The molecule has 1 atom stereocenters. The number of hydrogen-bond acceptors (Lipinski definition) is 3. The van der Waals surface area contributed by atoms with Gasteiger partial charge in [-0.1, -0.05) is 12.8 Å². The lowest BCUT2D eigenvalue weighted by Gasteiger charge is -2.27. The molecule has 2 rings (SSSR count). The molecule has 2 heterocycles. The van der Waals surface area contributed by atoms with Crippen LogP contribution in [0.5, 0.6) is 0 Å². The summed E-state index contributed by atoms with van der Waals surface area (Å²) in [6.07, 6.45) is 8.03. The van der Waals surface area contributed by atoms with E-state index in [1.165, 1.54) is 32.4 Å². The van der Waals surface area contributed by atoms with Crippen molar-refractivity contribution in [2.45, 2.75) is 51.0 Å². The molecule has 4 heteroatoms. The van der Waals surface area contributed by atoms with E-state index in [2.05, 4.69) is 9.80 Å². The third kappa shape index (κ3) is 3.95. The number of aliphatic carboxylic acids is 1. The zero-order valence-electron chi connectivity index (χ0n) is 11.3. The fourth-order valence-electron chi connectivity index (χ4n) is 3.22. The van der Waals surface area contributed by atoms with Crippen LogP contribution >= 0.6 is 0 Å². The summed E-state index contributed by atoms with van der Waals surface area (Å²) >= 11 is 0. The molecule has 0 amide bonds. The Kier molecular flexibility index (Phi) is 5.45. The average molecular weight is 254 g/mol. The Balaban J connectivity index is 1.75. The average Bonchev–Trinajstić information content (AvgIpc) is 2.73. The fraction of sp³-hybridized carbons (Fsp3) is 0.929. The lowest BCUT2D eigenvalue weighted by Crippen LogP contribution is -2.42. The molecule has 0 aliphatic carbocycles. The maximum atomic E-state index is 11.3. The second kappa shape index (κ2) is 7.10. The summed E-state index contributed by atoms with van der Waals surface area (Å²) in [6, 6.07) is -0.230. The van der Waals surface area contributed by atoms with Crippen molar-refractivity contribution in [2.24, 2.45) is 0 Å². The van der Waals surface area contributed by atoms with Crippen LogP contribution < -0.4 is 0 Å². The fourth-order valence-corrected chi connectivity index (χ4v) is 3.22. The lowest BCUT2D eigenvalue weighted by molar-refractivity contribution is -0.143. The quantitative estimate of drug-likeness (QED) is 0.812. The highest BCUT2D eigenvalue weighted by Crippen LogP contribution is 2.17. The van der Waals surface area contributed by atoms with Crippen molar-refractivity contribution in [1.29, 1.82) is 0 Å². The predicted molar refractivity (Wildman–Crippen MR) is 71.8 cm³/mol. The number of carboxylic acid groups (broad SMARTS) is 1. The molecule has 0 aromatic heterocycles. The van der Waals surface area contributed by atoms with Gasteiger partial charge >= 0.3 is 5.97 Å². The molecule has 0 bridgehead atoms. The number of rotatable bonds is 5. The van der Waals surface area contributed by atoms with E-state index in [1.54, 1.807) is 0 Å². The van der Waals surface area contributed by atoms with E-state index in [1.807, 2.05) is 0 Å². The SMILES string of the molecule is O=C(O)C1CCCCCN1CCCN1CCCC1. The summed E-state index contributed by atoms with van der Waals surface area (Å²) in [6.45, 7) is 5.54. The van der Waals surface area contributed by atoms with Crippen molar-refractivity contribution in [3.05, 3.63) is 0 Å². The van der Waals surface area contributed by atoms with Crippen LogP contribution in [0.1, 0.15) is 44.9 Å². The Labute approximate surface area is 110 Å². The molecule has 2 fully saturated rings. The highest BCUT2D eigenvalue weighted by molar-refractivity contribution is 5.73. The minimum absolute atomic E-state index is 0.230. The molecule has 1 unspecified atom stereocenters. The molecule has 2 aliphatic heterocycles. The van der Waals surface area contributed by atoms with Crippen LogP contribution in [0, 0.1) is 0 Å². The van der Waals surface area contributed by atoms with Gasteiger partial charge in [-0.3, -0.25) is 9.69 Å². The topological polar surface area (TPSA) is 43.8 Å². The van der Waals surface area contributed by atoms with Crippen LogP contribution in [-0.2, 0) is 4.79 Å². The maximum absolute atomic E-state index is 11.3. The van der Waals surface area contributed by atoms with Crippen LogP contribution in [0.4, 0.5) is 0 Å². The van der Waals surface area contributed by atoms with Crippen molar-refractivity contribution in [3.8, 4) is 0 Å². The molecule has 0 saturated carbocycles. The Morgan fingerprint density at radius 1 is 1.00 bits per heavy atom. The van der Waals surface area contributed by atoms with Crippen LogP contribution in [0.3, 0.4) is 0 Å². The molecule has 2 aliphatic rings. The first-order valence-corrected chi connectivity index (χ1v) is 7.46. The standard InChI is InChI=1S/C14H26N2O2/c17-14(18)13-7-2-1-3-11-16(13)12-6-10-15-8-4-5-9-15/h13H,1-12H2,(H,17,18). The van der Waals surface area contributed by atoms with E-state index >= 15 is 0 Å². The van der Waals surface area contributed by atoms with Gasteiger partial charge < -0.3 is 10.0 Å². The van der Waals surface area contributed by atoms with Gasteiger partial charge in [0.2, 0.25) is 0 Å². The zero-order valence-corrected chi connectivity index (χ0v) is 11.3. The zero-order chi connectivity index (χ0) is 12.8. The van der Waals surface area contributed by atoms with E-state index in [-0.39, 0.29) is 6.04 Å².